The lowest BCUT2D eigenvalue weighted by Gasteiger charge is -2.56. The van der Waals surface area contributed by atoms with Gasteiger partial charge in [-0.3, -0.25) is 14.4 Å². The van der Waals surface area contributed by atoms with E-state index in [0.717, 1.165) is 32.1 Å². The van der Waals surface area contributed by atoms with E-state index >= 15 is 0 Å². The number of rotatable bonds is 4. The van der Waals surface area contributed by atoms with E-state index in [9.17, 15) is 14.4 Å². The van der Waals surface area contributed by atoms with E-state index in [1.807, 2.05) is 0 Å². The second-order valence-corrected chi connectivity index (χ2v) is 9.97. The average molecular weight is 418 g/mol. The second kappa shape index (κ2) is 7.11. The number of aliphatic hydroxyl groups is 3. The van der Waals surface area contributed by atoms with E-state index in [2.05, 4.69) is 24.7 Å². The molecule has 4 aliphatic carbocycles. The highest BCUT2D eigenvalue weighted by Crippen LogP contribution is 2.66. The zero-order chi connectivity index (χ0) is 21.9. The Morgan fingerprint density at radius 1 is 1.13 bits per heavy atom. The first-order valence-corrected chi connectivity index (χ1v) is 10.8. The number of carbonyl (C=O) groups is 3. The summed E-state index contributed by atoms with van der Waals surface area (Å²) in [6, 6.07) is 0. The molecule has 6 atom stereocenters. The summed E-state index contributed by atoms with van der Waals surface area (Å²) < 4.78 is 4.07. The van der Waals surface area contributed by atoms with Crippen LogP contribution >= 0.6 is 0 Å². The lowest BCUT2D eigenvalue weighted by atomic mass is 9.47. The van der Waals surface area contributed by atoms with Crippen molar-refractivity contribution in [2.75, 3.05) is 0 Å². The molecule has 7 heteroatoms. The third-order valence-electron chi connectivity index (χ3n) is 8.51. The number of fused-ring (bicyclic) bond motifs is 5. The summed E-state index contributed by atoms with van der Waals surface area (Å²) in [5.74, 6) is -0.347. The number of hydrogen-bond donors (Lipinski definition) is 3. The van der Waals surface area contributed by atoms with Gasteiger partial charge in [0, 0.05) is 11.3 Å². The highest BCUT2D eigenvalue weighted by molar-refractivity contribution is 6.01. The van der Waals surface area contributed by atoms with E-state index in [1.54, 1.807) is 12.2 Å². The fourth-order valence-corrected chi connectivity index (χ4v) is 7.18. The Bertz CT molecular complexity index is 835. The van der Waals surface area contributed by atoms with Crippen molar-refractivity contribution >= 4 is 17.5 Å². The summed E-state index contributed by atoms with van der Waals surface area (Å²) in [5, 5.41) is 26.4. The van der Waals surface area contributed by atoms with Crippen LogP contribution in [0.3, 0.4) is 0 Å². The molecule has 0 bridgehead atoms. The van der Waals surface area contributed by atoms with Gasteiger partial charge in [-0.25, -0.2) is 0 Å². The van der Waals surface area contributed by atoms with Crippen molar-refractivity contribution in [2.24, 2.45) is 34.5 Å². The number of hydrogen-bond acceptors (Lipinski definition) is 7. The molecule has 164 valence electrons. The topological polar surface area (TPSA) is 121 Å². The number of ether oxygens (including phenoxy) is 1. The summed E-state index contributed by atoms with van der Waals surface area (Å²) in [6.45, 7) is 4.39. The Morgan fingerprint density at radius 2 is 1.87 bits per heavy atom. The summed E-state index contributed by atoms with van der Waals surface area (Å²) in [6.07, 6.45) is 6.81. The van der Waals surface area contributed by atoms with Crippen molar-refractivity contribution in [3.8, 4) is 0 Å². The Hall–Kier alpha value is -1.83. The maximum Gasteiger partial charge on any atom is 0.455 e. The number of Topliss-reactive ketones (excluding diaryl/α,β-unsaturated/α-hetero) is 1. The molecule has 0 saturated heterocycles. The van der Waals surface area contributed by atoms with Crippen LogP contribution in [0.5, 0.6) is 0 Å². The lowest BCUT2D eigenvalue weighted by molar-refractivity contribution is -0.435. The highest BCUT2D eigenvalue weighted by Gasteiger charge is 2.59. The largest absolute Gasteiger partial charge is 0.455 e. The van der Waals surface area contributed by atoms with Crippen LogP contribution in [-0.2, 0) is 19.1 Å². The second-order valence-electron chi connectivity index (χ2n) is 9.97. The zero-order valence-electron chi connectivity index (χ0n) is 17.5. The zero-order valence-corrected chi connectivity index (χ0v) is 17.5. The Morgan fingerprint density at radius 3 is 2.57 bits per heavy atom. The molecule has 0 aliphatic heterocycles. The van der Waals surface area contributed by atoms with E-state index in [1.165, 1.54) is 5.57 Å². The van der Waals surface area contributed by atoms with Crippen molar-refractivity contribution in [2.45, 2.75) is 65.0 Å². The van der Waals surface area contributed by atoms with Crippen molar-refractivity contribution in [1.82, 2.24) is 0 Å². The average Bonchev–Trinajstić information content (AvgIpc) is 2.98. The van der Waals surface area contributed by atoms with Crippen molar-refractivity contribution in [1.29, 1.82) is 0 Å². The van der Waals surface area contributed by atoms with Gasteiger partial charge in [0.15, 0.2) is 5.78 Å². The van der Waals surface area contributed by atoms with E-state index in [-0.39, 0.29) is 28.3 Å². The predicted octanol–water partition coefficient (Wildman–Crippen LogP) is 2.00. The van der Waals surface area contributed by atoms with E-state index in [4.69, 9.17) is 15.3 Å². The fourth-order valence-electron chi connectivity index (χ4n) is 7.18. The van der Waals surface area contributed by atoms with Gasteiger partial charge in [0.05, 0.1) is 0 Å². The van der Waals surface area contributed by atoms with Crippen LogP contribution in [-0.4, -0.2) is 39.0 Å². The van der Waals surface area contributed by atoms with E-state index < -0.39 is 18.5 Å². The minimum Gasteiger partial charge on any atom is -0.384 e. The number of allylic oxidation sites excluding steroid dienone is 4. The molecule has 0 heterocycles. The number of esters is 1. The quantitative estimate of drug-likeness (QED) is 0.363. The summed E-state index contributed by atoms with van der Waals surface area (Å²) in [5.41, 5.74) is 0.921. The van der Waals surface area contributed by atoms with Crippen LogP contribution in [0, 0.1) is 34.5 Å². The minimum atomic E-state index is -3.56. The monoisotopic (exact) mass is 418 g/mol. The molecule has 0 aromatic rings. The first kappa shape index (κ1) is 21.4. The standard InChI is InChI=1S/C23H30O7/c1-21-9-7-14(24)11-13(21)3-4-15-16-5-6-18(22(16,2)10-8-17(15)21)19(25)12-20(26)30-23(27,28)29/h7,9,11,15-18,27-29H,3-6,8,10,12H2,1-2H3/t15-,16-,17-,18+,21-,22-/m0/s1. The maximum absolute atomic E-state index is 12.9. The Labute approximate surface area is 175 Å². The third kappa shape index (κ3) is 3.47. The molecule has 3 fully saturated rings. The number of carbonyl (C=O) groups excluding carboxylic acids is 3. The molecule has 0 unspecified atom stereocenters. The number of ketones is 2. The van der Waals surface area contributed by atoms with Gasteiger partial charge in [0.2, 0.25) is 0 Å². The van der Waals surface area contributed by atoms with E-state index in [0.29, 0.717) is 24.2 Å². The van der Waals surface area contributed by atoms with Crippen LogP contribution in [0.1, 0.15) is 58.8 Å². The van der Waals surface area contributed by atoms with Gasteiger partial charge in [-0.05, 0) is 73.8 Å². The van der Waals surface area contributed by atoms with Crippen molar-refractivity contribution in [3.63, 3.8) is 0 Å². The first-order chi connectivity index (χ1) is 13.9. The van der Waals surface area contributed by atoms with Crippen LogP contribution in [0.4, 0.5) is 0 Å². The van der Waals surface area contributed by atoms with Gasteiger partial charge < -0.3 is 20.1 Å². The molecule has 7 nitrogen and oxygen atoms in total. The summed E-state index contributed by atoms with van der Waals surface area (Å²) in [4.78, 5) is 36.5. The molecule has 0 spiro atoms. The van der Waals surface area contributed by atoms with Gasteiger partial charge in [-0.15, -0.1) is 0 Å². The third-order valence-corrected chi connectivity index (χ3v) is 8.51. The van der Waals surface area contributed by atoms with Gasteiger partial charge >= 0.3 is 12.1 Å². The van der Waals surface area contributed by atoms with Crippen molar-refractivity contribution < 1.29 is 34.4 Å². The van der Waals surface area contributed by atoms with Crippen LogP contribution in [0.25, 0.3) is 0 Å². The van der Waals surface area contributed by atoms with Gasteiger partial charge in [0.25, 0.3) is 0 Å². The molecule has 0 radical (unpaired) electrons. The van der Waals surface area contributed by atoms with Gasteiger partial charge in [-0.2, -0.15) is 0 Å². The van der Waals surface area contributed by atoms with Gasteiger partial charge in [0.1, 0.15) is 12.2 Å². The van der Waals surface area contributed by atoms with Crippen LogP contribution in [0.2, 0.25) is 0 Å². The predicted molar refractivity (Wildman–Crippen MR) is 105 cm³/mol. The summed E-state index contributed by atoms with van der Waals surface area (Å²) >= 11 is 0. The Kier molecular flexibility index (Phi) is 5.07. The highest BCUT2D eigenvalue weighted by atomic mass is 16.9. The SMILES string of the molecule is C[C@]12CC[C@H]3[C@@H](CCC4=CC(=O)C=C[C@@]43C)[C@@H]1CC[C@@H]2C(=O)CC(=O)OC(O)(O)O. The molecular weight excluding hydrogens is 388 g/mol. The van der Waals surface area contributed by atoms with Gasteiger partial charge in [-0.1, -0.05) is 25.5 Å². The van der Waals surface area contributed by atoms with Crippen molar-refractivity contribution in [3.05, 3.63) is 23.8 Å². The summed E-state index contributed by atoms with van der Waals surface area (Å²) in [7, 11) is 0. The molecule has 0 aromatic heterocycles. The fraction of sp³-hybridized carbons (Fsp3) is 0.696. The molecule has 3 saturated carbocycles. The molecule has 0 aromatic carbocycles. The normalized spacial score (nSPS) is 40.2. The first-order valence-electron chi connectivity index (χ1n) is 10.8. The minimum absolute atomic E-state index is 0.0673. The maximum atomic E-state index is 12.9. The molecular formula is C23H30O7. The molecule has 4 rings (SSSR count). The molecule has 4 aliphatic rings. The molecule has 0 amide bonds. The Balaban J connectivity index is 1.51. The van der Waals surface area contributed by atoms with Crippen LogP contribution < -0.4 is 0 Å². The molecule has 30 heavy (non-hydrogen) atoms. The lowest BCUT2D eigenvalue weighted by Crippen LogP contribution is -2.50. The molecule has 3 N–H and O–H groups in total. The smallest absolute Gasteiger partial charge is 0.384 e. The van der Waals surface area contributed by atoms with Crippen LogP contribution in [0.15, 0.2) is 23.8 Å².